The summed E-state index contributed by atoms with van der Waals surface area (Å²) in [6.07, 6.45) is 1.93. The summed E-state index contributed by atoms with van der Waals surface area (Å²) >= 11 is 0. The fourth-order valence-electron chi connectivity index (χ4n) is 3.27. The molecule has 2 rings (SSSR count). The van der Waals surface area contributed by atoms with Crippen molar-refractivity contribution in [3.05, 3.63) is 48.0 Å². The fraction of sp³-hybridized carbons (Fsp3) is 0.450. The van der Waals surface area contributed by atoms with Crippen molar-refractivity contribution in [1.82, 2.24) is 4.90 Å². The average molecular weight is 294 g/mol. The van der Waals surface area contributed by atoms with E-state index in [4.69, 9.17) is 0 Å². The SMILES string of the molecule is CC(C)C(C#N)(CCCN(C)C)c1cccc2ccccc12. The van der Waals surface area contributed by atoms with Crippen LogP contribution in [0.15, 0.2) is 42.5 Å². The summed E-state index contributed by atoms with van der Waals surface area (Å²) < 4.78 is 0. The molecule has 0 amide bonds. The second kappa shape index (κ2) is 6.94. The van der Waals surface area contributed by atoms with E-state index in [1.54, 1.807) is 0 Å². The summed E-state index contributed by atoms with van der Waals surface area (Å²) in [5.74, 6) is 0.283. The van der Waals surface area contributed by atoms with Gasteiger partial charge in [0.15, 0.2) is 0 Å². The van der Waals surface area contributed by atoms with Crippen LogP contribution in [0, 0.1) is 17.2 Å². The maximum absolute atomic E-state index is 10.1. The first-order chi connectivity index (χ1) is 10.5. The van der Waals surface area contributed by atoms with Crippen LogP contribution in [-0.2, 0) is 5.41 Å². The highest BCUT2D eigenvalue weighted by Gasteiger charge is 2.36. The zero-order valence-electron chi connectivity index (χ0n) is 14.1. The van der Waals surface area contributed by atoms with Crippen LogP contribution in [0.1, 0.15) is 32.3 Å². The number of fused-ring (bicyclic) bond motifs is 1. The van der Waals surface area contributed by atoms with E-state index in [1.807, 2.05) is 0 Å². The van der Waals surface area contributed by atoms with Crippen LogP contribution in [0.25, 0.3) is 10.8 Å². The van der Waals surface area contributed by atoms with Crippen molar-refractivity contribution in [2.24, 2.45) is 5.92 Å². The number of hydrogen-bond donors (Lipinski definition) is 0. The summed E-state index contributed by atoms with van der Waals surface area (Å²) in [5.41, 5.74) is 0.763. The van der Waals surface area contributed by atoms with Crippen LogP contribution in [0.3, 0.4) is 0 Å². The molecule has 1 unspecified atom stereocenters. The minimum Gasteiger partial charge on any atom is -0.309 e. The van der Waals surface area contributed by atoms with Gasteiger partial charge < -0.3 is 4.90 Å². The van der Waals surface area contributed by atoms with Gasteiger partial charge in [-0.05, 0) is 55.7 Å². The molecule has 0 aliphatic rings. The van der Waals surface area contributed by atoms with Crippen LogP contribution >= 0.6 is 0 Å². The van der Waals surface area contributed by atoms with Gasteiger partial charge in [0.2, 0.25) is 0 Å². The highest BCUT2D eigenvalue weighted by Crippen LogP contribution is 2.40. The molecule has 2 heteroatoms. The summed E-state index contributed by atoms with van der Waals surface area (Å²) in [6, 6.07) is 17.4. The maximum atomic E-state index is 10.1. The number of rotatable bonds is 6. The molecule has 0 saturated heterocycles. The molecule has 0 heterocycles. The summed E-state index contributed by atoms with van der Waals surface area (Å²) in [4.78, 5) is 2.19. The molecular formula is C20H26N2. The molecule has 0 aliphatic carbocycles. The molecule has 0 aliphatic heterocycles. The highest BCUT2D eigenvalue weighted by atomic mass is 15.0. The first kappa shape index (κ1) is 16.5. The Morgan fingerprint density at radius 2 is 1.77 bits per heavy atom. The Labute approximate surface area is 134 Å². The molecule has 0 radical (unpaired) electrons. The van der Waals surface area contributed by atoms with Crippen molar-refractivity contribution in [3.63, 3.8) is 0 Å². The largest absolute Gasteiger partial charge is 0.309 e. The van der Waals surface area contributed by atoms with E-state index in [0.717, 1.165) is 19.4 Å². The average Bonchev–Trinajstić information content (AvgIpc) is 2.51. The molecule has 0 saturated carbocycles. The van der Waals surface area contributed by atoms with Crippen LogP contribution < -0.4 is 0 Å². The van der Waals surface area contributed by atoms with E-state index in [-0.39, 0.29) is 5.92 Å². The predicted molar refractivity (Wildman–Crippen MR) is 93.9 cm³/mol. The molecule has 22 heavy (non-hydrogen) atoms. The van der Waals surface area contributed by atoms with Crippen LogP contribution in [-0.4, -0.2) is 25.5 Å². The molecule has 0 aromatic heterocycles. The van der Waals surface area contributed by atoms with Crippen molar-refractivity contribution in [2.45, 2.75) is 32.1 Å². The van der Waals surface area contributed by atoms with E-state index in [0.29, 0.717) is 0 Å². The molecule has 0 N–H and O–H groups in total. The van der Waals surface area contributed by atoms with E-state index in [2.05, 4.69) is 81.4 Å². The fourth-order valence-corrected chi connectivity index (χ4v) is 3.27. The molecule has 2 aromatic rings. The lowest BCUT2D eigenvalue weighted by atomic mass is 9.68. The third kappa shape index (κ3) is 3.15. The van der Waals surface area contributed by atoms with Gasteiger partial charge in [0.25, 0.3) is 0 Å². The van der Waals surface area contributed by atoms with Crippen LogP contribution in [0.2, 0.25) is 0 Å². The molecule has 0 fully saturated rings. The molecule has 1 atom stereocenters. The molecule has 2 nitrogen and oxygen atoms in total. The summed E-state index contributed by atoms with van der Waals surface area (Å²) in [6.45, 7) is 5.35. The third-order valence-corrected chi connectivity index (χ3v) is 4.63. The van der Waals surface area contributed by atoms with Crippen LogP contribution in [0.4, 0.5) is 0 Å². The summed E-state index contributed by atoms with van der Waals surface area (Å²) in [5, 5.41) is 12.5. The Kier molecular flexibility index (Phi) is 5.21. The second-order valence-corrected chi connectivity index (χ2v) is 6.67. The Morgan fingerprint density at radius 1 is 1.09 bits per heavy atom. The maximum Gasteiger partial charge on any atom is 0.0851 e. The van der Waals surface area contributed by atoms with Crippen LogP contribution in [0.5, 0.6) is 0 Å². The Bertz CT molecular complexity index is 661. The molecule has 0 bridgehead atoms. The van der Waals surface area contributed by atoms with Crippen molar-refractivity contribution in [1.29, 1.82) is 5.26 Å². The Hall–Kier alpha value is -1.85. The smallest absolute Gasteiger partial charge is 0.0851 e. The normalized spacial score (nSPS) is 14.2. The monoisotopic (exact) mass is 294 g/mol. The van der Waals surface area contributed by atoms with Gasteiger partial charge in [0, 0.05) is 0 Å². The van der Waals surface area contributed by atoms with E-state index in [9.17, 15) is 5.26 Å². The van der Waals surface area contributed by atoms with Gasteiger partial charge in [-0.15, -0.1) is 0 Å². The lowest BCUT2D eigenvalue weighted by Crippen LogP contribution is -2.32. The van der Waals surface area contributed by atoms with Gasteiger partial charge in [0.1, 0.15) is 0 Å². The van der Waals surface area contributed by atoms with Crippen molar-refractivity contribution in [2.75, 3.05) is 20.6 Å². The minimum absolute atomic E-state index is 0.283. The quantitative estimate of drug-likeness (QED) is 0.778. The van der Waals surface area contributed by atoms with E-state index in [1.165, 1.54) is 16.3 Å². The van der Waals surface area contributed by atoms with Crippen molar-refractivity contribution in [3.8, 4) is 6.07 Å². The van der Waals surface area contributed by atoms with Gasteiger partial charge in [0.05, 0.1) is 11.5 Å². The molecular weight excluding hydrogens is 268 g/mol. The van der Waals surface area contributed by atoms with Gasteiger partial charge in [-0.1, -0.05) is 56.3 Å². The third-order valence-electron chi connectivity index (χ3n) is 4.63. The van der Waals surface area contributed by atoms with Crippen molar-refractivity contribution < 1.29 is 0 Å². The Morgan fingerprint density at radius 3 is 2.41 bits per heavy atom. The summed E-state index contributed by atoms with van der Waals surface area (Å²) in [7, 11) is 4.17. The van der Waals surface area contributed by atoms with Gasteiger partial charge >= 0.3 is 0 Å². The number of nitrogens with zero attached hydrogens (tertiary/aromatic N) is 2. The number of nitriles is 1. The van der Waals surface area contributed by atoms with Crippen molar-refractivity contribution >= 4 is 10.8 Å². The lowest BCUT2D eigenvalue weighted by Gasteiger charge is -2.33. The second-order valence-electron chi connectivity index (χ2n) is 6.67. The first-order valence-electron chi connectivity index (χ1n) is 8.05. The molecule has 0 spiro atoms. The van der Waals surface area contributed by atoms with Gasteiger partial charge in [-0.25, -0.2) is 0 Å². The number of benzene rings is 2. The molecule has 2 aromatic carbocycles. The predicted octanol–water partition coefficient (Wildman–Crippen LogP) is 4.60. The van der Waals surface area contributed by atoms with E-state index < -0.39 is 5.41 Å². The first-order valence-corrected chi connectivity index (χ1v) is 8.05. The van der Waals surface area contributed by atoms with Gasteiger partial charge in [-0.3, -0.25) is 0 Å². The zero-order chi connectivity index (χ0) is 16.2. The Balaban J connectivity index is 2.50. The highest BCUT2D eigenvalue weighted by molar-refractivity contribution is 5.87. The molecule has 116 valence electrons. The van der Waals surface area contributed by atoms with Gasteiger partial charge in [-0.2, -0.15) is 5.26 Å². The topological polar surface area (TPSA) is 27.0 Å². The van der Waals surface area contributed by atoms with E-state index >= 15 is 0 Å². The standard InChI is InChI=1S/C20H26N2/c1-16(2)20(15-21,13-8-14-22(3)4)19-12-7-10-17-9-5-6-11-18(17)19/h5-7,9-12,16H,8,13-14H2,1-4H3. The lowest BCUT2D eigenvalue weighted by molar-refractivity contribution is 0.323. The zero-order valence-corrected chi connectivity index (χ0v) is 14.1. The number of hydrogen-bond acceptors (Lipinski definition) is 2. The minimum atomic E-state index is -0.420.